The minimum atomic E-state index is 0. The molecule has 3 nitrogen and oxygen atoms in total. The quantitative estimate of drug-likeness (QED) is 0.477. The summed E-state index contributed by atoms with van der Waals surface area (Å²) >= 11 is 0. The highest BCUT2D eigenvalue weighted by molar-refractivity contribution is 4.85. The molecule has 0 saturated carbocycles. The zero-order valence-electron chi connectivity index (χ0n) is 5.77. The van der Waals surface area contributed by atoms with Crippen LogP contribution in [0.25, 0.3) is 0 Å². The van der Waals surface area contributed by atoms with Crippen LogP contribution in [0, 0.1) is 0 Å². The van der Waals surface area contributed by atoms with Crippen LogP contribution in [0.3, 0.4) is 0 Å². The van der Waals surface area contributed by atoms with Crippen LogP contribution in [0.5, 0.6) is 0 Å². The van der Waals surface area contributed by atoms with Crippen molar-refractivity contribution in [2.24, 2.45) is 0 Å². The number of piperazine rings is 1. The zero-order chi connectivity index (χ0) is 5.40. The number of hydrogen-bond donors (Lipinski definition) is 2. The van der Waals surface area contributed by atoms with E-state index in [0.29, 0.717) is 0 Å². The fourth-order valence-electron chi connectivity index (χ4n) is 1.63. The van der Waals surface area contributed by atoms with Gasteiger partial charge in [-0.2, -0.15) is 0 Å². The third-order valence-corrected chi connectivity index (χ3v) is 2.13. The first-order valence-corrected chi connectivity index (χ1v) is 3.41. The first-order chi connectivity index (χ1) is 3.95. The molecule has 54 valence electrons. The molecule has 4 N–H and O–H groups in total. The standard InChI is InChI=1S/C6H12N2.H3N/c1-3-8-4-2-7-6(1)5-8;/h6-7H,1-5H2;1H3. The lowest BCUT2D eigenvalue weighted by atomic mass is 10.2. The van der Waals surface area contributed by atoms with Crippen molar-refractivity contribution in [3.05, 3.63) is 0 Å². The van der Waals surface area contributed by atoms with Gasteiger partial charge in [0.1, 0.15) is 0 Å². The van der Waals surface area contributed by atoms with Gasteiger partial charge in [-0.25, -0.2) is 0 Å². The van der Waals surface area contributed by atoms with Gasteiger partial charge in [-0.3, -0.25) is 0 Å². The smallest absolute Gasteiger partial charge is 0.0207 e. The van der Waals surface area contributed by atoms with E-state index < -0.39 is 0 Å². The Bertz CT molecular complexity index is 80.3. The van der Waals surface area contributed by atoms with Gasteiger partial charge in [0.15, 0.2) is 0 Å². The summed E-state index contributed by atoms with van der Waals surface area (Å²) in [7, 11) is 0. The number of nitrogens with zero attached hydrogens (tertiary/aromatic N) is 1. The highest BCUT2D eigenvalue weighted by Crippen LogP contribution is 2.10. The SMILES string of the molecule is C1CN2CCC(C2)N1.N. The molecule has 0 aromatic carbocycles. The molecule has 3 heteroatoms. The molecule has 2 atom stereocenters. The minimum Gasteiger partial charge on any atom is -0.344 e. The van der Waals surface area contributed by atoms with Crippen LogP contribution in [0.1, 0.15) is 6.42 Å². The van der Waals surface area contributed by atoms with Crippen LogP contribution in [-0.2, 0) is 0 Å². The lowest BCUT2D eigenvalue weighted by Gasteiger charge is -2.22. The van der Waals surface area contributed by atoms with Crippen molar-refractivity contribution < 1.29 is 0 Å². The monoisotopic (exact) mass is 129 g/mol. The Morgan fingerprint density at radius 2 is 2.22 bits per heavy atom. The number of hydrogen-bond acceptors (Lipinski definition) is 3. The molecule has 2 saturated heterocycles. The Morgan fingerprint density at radius 1 is 1.33 bits per heavy atom. The molecule has 0 radical (unpaired) electrons. The van der Waals surface area contributed by atoms with Gasteiger partial charge >= 0.3 is 0 Å². The van der Waals surface area contributed by atoms with Crippen molar-refractivity contribution in [3.63, 3.8) is 0 Å². The predicted octanol–water partition coefficient (Wildman–Crippen LogP) is -0.174. The van der Waals surface area contributed by atoms with Crippen molar-refractivity contribution in [3.8, 4) is 0 Å². The second-order valence-corrected chi connectivity index (χ2v) is 2.74. The molecule has 2 heterocycles. The molecule has 0 spiro atoms. The topological polar surface area (TPSA) is 50.3 Å². The maximum atomic E-state index is 3.47. The third-order valence-electron chi connectivity index (χ3n) is 2.13. The van der Waals surface area contributed by atoms with Gasteiger partial charge in [0.25, 0.3) is 0 Å². The van der Waals surface area contributed by atoms with E-state index in [-0.39, 0.29) is 6.15 Å². The van der Waals surface area contributed by atoms with Crippen molar-refractivity contribution in [2.75, 3.05) is 26.2 Å². The molecule has 0 aliphatic carbocycles. The van der Waals surface area contributed by atoms with Gasteiger partial charge in [0, 0.05) is 25.7 Å². The van der Waals surface area contributed by atoms with Crippen LogP contribution in [-0.4, -0.2) is 37.1 Å². The number of rotatable bonds is 0. The Balaban J connectivity index is 0.000000405. The molecule has 0 aromatic rings. The first-order valence-electron chi connectivity index (χ1n) is 3.41. The van der Waals surface area contributed by atoms with Crippen LogP contribution in [0.2, 0.25) is 0 Å². The molecular formula is C6H15N3. The van der Waals surface area contributed by atoms with E-state index in [1.165, 1.54) is 32.6 Å². The largest absolute Gasteiger partial charge is 0.344 e. The highest BCUT2D eigenvalue weighted by Gasteiger charge is 2.24. The third kappa shape index (κ3) is 1.23. The van der Waals surface area contributed by atoms with Crippen LogP contribution in [0.4, 0.5) is 0 Å². The second-order valence-electron chi connectivity index (χ2n) is 2.74. The minimum absolute atomic E-state index is 0. The number of fused-ring (bicyclic) bond motifs is 2. The van der Waals surface area contributed by atoms with Gasteiger partial charge in [-0.05, 0) is 13.0 Å². The fraction of sp³-hybridized carbons (Fsp3) is 1.00. The molecule has 2 rings (SSSR count). The van der Waals surface area contributed by atoms with E-state index in [0.717, 1.165) is 6.04 Å². The van der Waals surface area contributed by atoms with E-state index in [4.69, 9.17) is 0 Å². The summed E-state index contributed by atoms with van der Waals surface area (Å²) in [4.78, 5) is 2.53. The summed E-state index contributed by atoms with van der Waals surface area (Å²) in [5.41, 5.74) is 0. The molecule has 0 amide bonds. The summed E-state index contributed by atoms with van der Waals surface area (Å²) < 4.78 is 0. The Hall–Kier alpha value is -0.120. The van der Waals surface area contributed by atoms with E-state index in [2.05, 4.69) is 10.2 Å². The van der Waals surface area contributed by atoms with Gasteiger partial charge in [0.05, 0.1) is 0 Å². The van der Waals surface area contributed by atoms with Gasteiger partial charge in [-0.15, -0.1) is 0 Å². The van der Waals surface area contributed by atoms with Crippen LogP contribution < -0.4 is 11.5 Å². The molecule has 0 aromatic heterocycles. The molecule has 2 fully saturated rings. The fourth-order valence-corrected chi connectivity index (χ4v) is 1.63. The van der Waals surface area contributed by atoms with Crippen molar-refractivity contribution >= 4 is 0 Å². The Morgan fingerprint density at radius 3 is 2.89 bits per heavy atom. The van der Waals surface area contributed by atoms with Gasteiger partial charge in [-0.1, -0.05) is 0 Å². The predicted molar refractivity (Wildman–Crippen MR) is 37.9 cm³/mol. The number of nitrogens with one attached hydrogen (secondary N) is 1. The van der Waals surface area contributed by atoms with E-state index in [1.54, 1.807) is 0 Å². The Kier molecular flexibility index (Phi) is 2.05. The maximum Gasteiger partial charge on any atom is 0.0207 e. The summed E-state index contributed by atoms with van der Waals surface area (Å²) in [5, 5.41) is 3.47. The summed E-state index contributed by atoms with van der Waals surface area (Å²) in [6.45, 7) is 5.12. The van der Waals surface area contributed by atoms with Crippen molar-refractivity contribution in [1.82, 2.24) is 16.4 Å². The highest BCUT2D eigenvalue weighted by atomic mass is 15.2. The molecular weight excluding hydrogens is 114 g/mol. The maximum absolute atomic E-state index is 3.47. The molecule has 2 unspecified atom stereocenters. The summed E-state index contributed by atoms with van der Waals surface area (Å²) in [6, 6.07) is 0.837. The lowest BCUT2D eigenvalue weighted by molar-refractivity contribution is 0.289. The van der Waals surface area contributed by atoms with E-state index >= 15 is 0 Å². The summed E-state index contributed by atoms with van der Waals surface area (Å²) in [5.74, 6) is 0. The molecule has 9 heavy (non-hydrogen) atoms. The average molecular weight is 129 g/mol. The van der Waals surface area contributed by atoms with Crippen molar-refractivity contribution in [2.45, 2.75) is 12.5 Å². The van der Waals surface area contributed by atoms with E-state index in [9.17, 15) is 0 Å². The molecule has 2 bridgehead atoms. The van der Waals surface area contributed by atoms with Crippen molar-refractivity contribution in [1.29, 1.82) is 0 Å². The normalized spacial score (nSPS) is 40.0. The van der Waals surface area contributed by atoms with Crippen LogP contribution >= 0.6 is 0 Å². The molecule has 2 aliphatic heterocycles. The first kappa shape index (κ1) is 6.99. The summed E-state index contributed by atoms with van der Waals surface area (Å²) in [6.07, 6.45) is 1.38. The van der Waals surface area contributed by atoms with E-state index in [1.807, 2.05) is 0 Å². The Labute approximate surface area is 56.0 Å². The zero-order valence-corrected chi connectivity index (χ0v) is 5.77. The molecule has 2 aliphatic rings. The lowest BCUT2D eigenvalue weighted by Crippen LogP contribution is -2.42. The van der Waals surface area contributed by atoms with Gasteiger partial charge in [0.2, 0.25) is 0 Å². The van der Waals surface area contributed by atoms with Gasteiger partial charge < -0.3 is 16.4 Å². The average Bonchev–Trinajstić information content (AvgIpc) is 2.12. The second kappa shape index (κ2) is 2.64. The van der Waals surface area contributed by atoms with Crippen LogP contribution in [0.15, 0.2) is 0 Å².